The van der Waals surface area contributed by atoms with Gasteiger partial charge in [0.1, 0.15) is 6.71 Å². The van der Waals surface area contributed by atoms with Gasteiger partial charge in [0.15, 0.2) is 5.78 Å². The van der Waals surface area contributed by atoms with Crippen molar-refractivity contribution in [2.75, 3.05) is 7.05 Å². The molecule has 1 atom stereocenters. The standard InChI is InChI=1S/C13H16ClNO.ClH/c1-15-13(9-5-4-8-12(13)16)10-6-2-3-7-11(10)14;/h2-3,6-7,15H,4-5,8-9H2,1H3;1H/t13-;/m0./s1/i8D2;/hD. The third kappa shape index (κ3) is 2.49. The predicted molar refractivity (Wildman–Crippen MR) is 72.9 cm³/mol. The first-order chi connectivity index (χ1) is 9.44. The number of likely N-dealkylation sites (N-methyl/N-ethyl adjacent to an activating group) is 1. The average Bonchev–Trinajstić information content (AvgIpc) is 2.45. The zero-order valence-electron chi connectivity index (χ0n) is 12.6. The third-order valence-corrected chi connectivity index (χ3v) is 3.49. The first-order valence-corrected chi connectivity index (χ1v) is 5.81. The van der Waals surface area contributed by atoms with Gasteiger partial charge < -0.3 is 5.32 Å². The van der Waals surface area contributed by atoms with Crippen molar-refractivity contribution in [2.24, 2.45) is 0 Å². The number of halogens is 2. The summed E-state index contributed by atoms with van der Waals surface area (Å²) in [5, 5.41) is 3.50. The molecule has 4 heteroatoms. The van der Waals surface area contributed by atoms with Gasteiger partial charge in [-0.05, 0) is 31.5 Å². The van der Waals surface area contributed by atoms with Crippen LogP contribution in [-0.2, 0) is 10.3 Å². The van der Waals surface area contributed by atoms with E-state index in [-0.39, 0.29) is 6.42 Å². The molecule has 0 radical (unpaired) electrons. The van der Waals surface area contributed by atoms with Crippen LogP contribution in [0.3, 0.4) is 0 Å². The van der Waals surface area contributed by atoms with Gasteiger partial charge in [-0.1, -0.05) is 36.2 Å². The van der Waals surface area contributed by atoms with Gasteiger partial charge >= 0.3 is 0 Å². The summed E-state index contributed by atoms with van der Waals surface area (Å²) >= 11 is 10.1. The van der Waals surface area contributed by atoms with Gasteiger partial charge in [0.05, 0.1) is 0 Å². The highest BCUT2D eigenvalue weighted by molar-refractivity contribution is 6.31. The number of Topliss-reactive ketones (excluding diaryl/α,β-unsaturated/α-hetero) is 1. The van der Waals surface area contributed by atoms with Crippen molar-refractivity contribution in [2.45, 2.75) is 31.2 Å². The van der Waals surface area contributed by atoms with Crippen molar-refractivity contribution in [1.29, 1.82) is 1.17 Å². The van der Waals surface area contributed by atoms with Crippen molar-refractivity contribution in [3.8, 4) is 0 Å². The molecule has 1 aromatic carbocycles. The van der Waals surface area contributed by atoms with Gasteiger partial charge in [-0.3, -0.25) is 4.79 Å². The van der Waals surface area contributed by atoms with Crippen molar-refractivity contribution >= 4 is 29.7 Å². The zero-order chi connectivity index (χ0) is 15.4. The molecule has 0 aliphatic heterocycles. The fourth-order valence-electron chi connectivity index (χ4n) is 2.26. The number of hydrogen-bond acceptors (Lipinski definition) is 2. The average molecular weight is 277 g/mol. The number of benzene rings is 1. The molecule has 1 fully saturated rings. The van der Waals surface area contributed by atoms with E-state index in [1.165, 1.54) is 0 Å². The molecule has 0 aromatic heterocycles. The Morgan fingerprint density at radius 3 is 2.82 bits per heavy atom. The molecule has 1 aromatic rings. The number of hydrogen-bond donors (Lipinski definition) is 1. The molecule has 0 spiro atoms. The maximum absolute atomic E-state index is 12.5. The molecule has 17 heavy (non-hydrogen) atoms. The molecule has 0 saturated heterocycles. The van der Waals surface area contributed by atoms with Crippen LogP contribution in [0.1, 0.15) is 33.9 Å². The van der Waals surface area contributed by atoms with Crippen LogP contribution < -0.4 is 5.32 Å². The van der Waals surface area contributed by atoms with Crippen molar-refractivity contribution < 1.29 is 7.54 Å². The third-order valence-electron chi connectivity index (χ3n) is 3.16. The Morgan fingerprint density at radius 2 is 2.18 bits per heavy atom. The molecule has 2 rings (SSSR count). The number of carbonyl (C=O) groups excluding carboxylic acids is 1. The first kappa shape index (κ1) is 10.4. The van der Waals surface area contributed by atoms with Crippen LogP contribution in [0.2, 0.25) is 5.02 Å². The highest BCUT2D eigenvalue weighted by Crippen LogP contribution is 2.37. The quantitative estimate of drug-likeness (QED) is 0.898. The smallest absolute Gasteiger partial charge is 0.157 e. The highest BCUT2D eigenvalue weighted by atomic mass is 35.5. The van der Waals surface area contributed by atoms with E-state index >= 15 is 0 Å². The van der Waals surface area contributed by atoms with Gasteiger partial charge in [-0.15, -0.1) is 12.3 Å². The number of rotatable bonds is 2. The lowest BCUT2D eigenvalue weighted by Crippen LogP contribution is -2.49. The molecule has 0 bridgehead atoms. The van der Waals surface area contributed by atoms with E-state index in [1.807, 2.05) is 6.07 Å². The van der Waals surface area contributed by atoms with Crippen LogP contribution in [0.25, 0.3) is 0 Å². The molecule has 2 nitrogen and oxygen atoms in total. The summed E-state index contributed by atoms with van der Waals surface area (Å²) in [5.41, 5.74) is -0.331. The van der Waals surface area contributed by atoms with Crippen LogP contribution >= 0.6 is 23.9 Å². The lowest BCUT2D eigenvalue weighted by atomic mass is 9.75. The molecule has 1 saturated carbocycles. The number of nitrogens with one attached hydrogen (secondary N) is 1. The largest absolute Gasteiger partial charge is 0.304 e. The Kier molecular flexibility index (Phi) is 3.57. The fourth-order valence-corrected chi connectivity index (χ4v) is 2.55. The van der Waals surface area contributed by atoms with E-state index in [9.17, 15) is 4.79 Å². The normalized spacial score (nSPS) is 29.4. The van der Waals surface area contributed by atoms with E-state index in [0.29, 0.717) is 23.4 Å². The Labute approximate surface area is 117 Å². The Morgan fingerprint density at radius 1 is 1.47 bits per heavy atom. The molecule has 1 N–H and O–H groups in total. The molecule has 1 aliphatic rings. The predicted octanol–water partition coefficient (Wildman–Crippen LogP) is 3.32. The second-order valence-corrected chi connectivity index (χ2v) is 4.40. The van der Waals surface area contributed by atoms with Crippen LogP contribution in [-0.4, -0.2) is 14.0 Å². The maximum Gasteiger partial charge on any atom is 0.157 e. The van der Waals surface area contributed by atoms with E-state index in [4.69, 9.17) is 15.5 Å². The van der Waals surface area contributed by atoms with E-state index in [0.717, 1.165) is 0 Å². The Hall–Kier alpha value is -0.570. The van der Waals surface area contributed by atoms with E-state index < -0.39 is 17.7 Å². The van der Waals surface area contributed by atoms with Gasteiger partial charge in [-0.25, -0.2) is 0 Å². The van der Waals surface area contributed by atoms with E-state index in [2.05, 4.69) is 17.6 Å². The van der Waals surface area contributed by atoms with Crippen molar-refractivity contribution in [1.82, 2.24) is 5.32 Å². The van der Waals surface area contributed by atoms with Gasteiger partial charge in [0, 0.05) is 14.1 Å². The van der Waals surface area contributed by atoms with Crippen LogP contribution in [0.5, 0.6) is 0 Å². The number of ketones is 1. The summed E-state index contributed by atoms with van der Waals surface area (Å²) in [7, 11) is 1.68. The monoisotopic (exact) mass is 276 g/mol. The molecule has 1 aliphatic carbocycles. The fraction of sp³-hybridized carbons (Fsp3) is 0.462. The van der Waals surface area contributed by atoms with Gasteiger partial charge in [-0.2, -0.15) is 0 Å². The van der Waals surface area contributed by atoms with Gasteiger partial charge in [0.25, 0.3) is 0 Å². The SMILES string of the molecule is [2H]C1([2H])CCC[C@](NC)(c2ccccc2Cl)C1=O.[2H]Cl. The van der Waals surface area contributed by atoms with Crippen molar-refractivity contribution in [3.63, 3.8) is 0 Å². The Bertz CT molecular complexity index is 484. The Balaban J connectivity index is 0.000000956. The minimum absolute atomic E-state index is 0.277. The van der Waals surface area contributed by atoms with E-state index in [1.54, 1.807) is 25.2 Å². The minimum atomic E-state index is -1.79. The van der Waals surface area contributed by atoms with Crippen molar-refractivity contribution in [3.05, 3.63) is 34.9 Å². The topological polar surface area (TPSA) is 29.1 Å². The lowest BCUT2D eigenvalue weighted by Gasteiger charge is -2.36. The van der Waals surface area contributed by atoms with Gasteiger partial charge in [0.2, 0.25) is 0 Å². The summed E-state index contributed by atoms with van der Waals surface area (Å²) in [5.74, 6) is -0.420. The molecule has 0 amide bonds. The summed E-state index contributed by atoms with van der Waals surface area (Å²) < 4.78 is 20.9. The van der Waals surface area contributed by atoms with Crippen LogP contribution in [0.4, 0.5) is 0 Å². The van der Waals surface area contributed by atoms with Crippen LogP contribution in [0.15, 0.2) is 24.3 Å². The summed E-state index contributed by atoms with van der Waals surface area (Å²) in [6, 6.07) is 7.14. The summed E-state index contributed by atoms with van der Waals surface area (Å²) in [6.07, 6.45) is -0.281. The molecule has 0 heterocycles. The second-order valence-electron chi connectivity index (χ2n) is 3.99. The molecule has 0 unspecified atom stereocenters. The molecular formula is C13H17Cl2NO. The number of carbonyl (C=O) groups is 1. The van der Waals surface area contributed by atoms with Crippen LogP contribution in [0, 0.1) is 0 Å². The molecule has 94 valence electrons. The minimum Gasteiger partial charge on any atom is -0.304 e. The highest BCUT2D eigenvalue weighted by Gasteiger charge is 2.40. The second kappa shape index (κ2) is 5.85. The maximum atomic E-state index is 12.5. The summed E-state index contributed by atoms with van der Waals surface area (Å²) in [6.45, 7) is 0. The molecular weight excluding hydrogens is 257 g/mol. The summed E-state index contributed by atoms with van der Waals surface area (Å²) in [4.78, 5) is 12.5. The first-order valence-electron chi connectivity index (χ1n) is 6.81. The lowest BCUT2D eigenvalue weighted by molar-refractivity contribution is -0.127. The zero-order valence-corrected chi connectivity index (χ0v) is 11.1.